The number of hydrogen-bond acceptors (Lipinski definition) is 8. The van der Waals surface area contributed by atoms with E-state index in [1.807, 2.05) is 6.07 Å². The number of nitrogens with one attached hydrogen (secondary N) is 2. The number of hydrogen-bond donors (Lipinski definition) is 3. The molecule has 0 aliphatic heterocycles. The Morgan fingerprint density at radius 3 is 2.70 bits per heavy atom. The molecule has 10 heteroatoms. The zero-order valence-electron chi connectivity index (χ0n) is 16.2. The molecule has 30 heavy (non-hydrogen) atoms. The van der Waals surface area contributed by atoms with Crippen molar-refractivity contribution >= 4 is 11.6 Å². The minimum Gasteiger partial charge on any atom is -0.496 e. The van der Waals surface area contributed by atoms with Crippen LogP contribution in [-0.2, 0) is 0 Å². The first-order valence-corrected chi connectivity index (χ1v) is 9.40. The van der Waals surface area contributed by atoms with Crippen molar-refractivity contribution in [2.75, 3.05) is 12.4 Å². The number of anilines is 2. The summed E-state index contributed by atoms with van der Waals surface area (Å²) >= 11 is 0. The minimum atomic E-state index is -0.460. The zero-order chi connectivity index (χ0) is 21.1. The first-order valence-electron chi connectivity index (χ1n) is 9.40. The van der Waals surface area contributed by atoms with E-state index in [1.54, 1.807) is 6.07 Å². The molecule has 0 saturated heterocycles. The van der Waals surface area contributed by atoms with E-state index in [2.05, 4.69) is 25.5 Å². The molecule has 2 aromatic heterocycles. The Morgan fingerprint density at radius 1 is 1.20 bits per heavy atom. The first kappa shape index (κ1) is 19.6. The number of methoxy groups -OCH3 is 1. The molecule has 4 rings (SSSR count). The number of benzene rings is 1. The highest BCUT2D eigenvalue weighted by Crippen LogP contribution is 2.40. The van der Waals surface area contributed by atoms with Gasteiger partial charge in [-0.2, -0.15) is 10.4 Å². The number of rotatable bonds is 6. The molecular weight excluding hydrogens is 389 g/mol. The van der Waals surface area contributed by atoms with E-state index in [9.17, 15) is 4.39 Å². The van der Waals surface area contributed by atoms with Crippen molar-refractivity contribution in [3.8, 4) is 28.8 Å². The van der Waals surface area contributed by atoms with Crippen molar-refractivity contribution in [2.24, 2.45) is 5.73 Å². The molecule has 4 N–H and O–H groups in total. The van der Waals surface area contributed by atoms with Gasteiger partial charge in [0.1, 0.15) is 35.3 Å². The van der Waals surface area contributed by atoms with Crippen LogP contribution in [0.1, 0.15) is 25.0 Å². The van der Waals surface area contributed by atoms with Crippen molar-refractivity contribution in [3.63, 3.8) is 0 Å². The standard InChI is InChI=1S/C20H20FN7O2/c1-29-16-4-11(21)5-17(30-14-3-2-12(23)6-14)20(16)15-7-18(28-27-15)26-19-10-24-13(8-22)9-25-19/h4-5,7,9-10,12,14H,2-3,6,23H2,1H3,(H2,25,26,27,28)/t12-,14+/m0/s1. The van der Waals surface area contributed by atoms with Gasteiger partial charge >= 0.3 is 0 Å². The topological polar surface area (TPSA) is 135 Å². The number of aromatic nitrogens is 4. The largest absolute Gasteiger partial charge is 0.496 e. The zero-order valence-corrected chi connectivity index (χ0v) is 16.2. The highest BCUT2D eigenvalue weighted by Gasteiger charge is 2.26. The summed E-state index contributed by atoms with van der Waals surface area (Å²) in [4.78, 5) is 8.06. The van der Waals surface area contributed by atoms with Crippen LogP contribution >= 0.6 is 0 Å². The van der Waals surface area contributed by atoms with E-state index in [-0.39, 0.29) is 17.8 Å². The summed E-state index contributed by atoms with van der Waals surface area (Å²) < 4.78 is 25.6. The summed E-state index contributed by atoms with van der Waals surface area (Å²) in [5, 5.41) is 18.9. The van der Waals surface area contributed by atoms with Crippen LogP contribution in [0.4, 0.5) is 16.0 Å². The number of H-pyrrole nitrogens is 1. The van der Waals surface area contributed by atoms with Crippen LogP contribution in [0, 0.1) is 17.1 Å². The van der Waals surface area contributed by atoms with Crippen LogP contribution in [0.5, 0.6) is 11.5 Å². The van der Waals surface area contributed by atoms with E-state index < -0.39 is 5.82 Å². The average Bonchev–Trinajstić information content (AvgIpc) is 3.37. The number of aromatic amines is 1. The molecule has 1 aromatic carbocycles. The molecule has 1 aliphatic carbocycles. The Kier molecular flexibility index (Phi) is 5.45. The number of nitrogens with zero attached hydrogens (tertiary/aromatic N) is 4. The normalized spacial score (nSPS) is 18.1. The maximum absolute atomic E-state index is 14.2. The van der Waals surface area contributed by atoms with E-state index >= 15 is 0 Å². The molecular formula is C20H20FN7O2. The van der Waals surface area contributed by atoms with Crippen LogP contribution in [0.3, 0.4) is 0 Å². The smallest absolute Gasteiger partial charge is 0.158 e. The van der Waals surface area contributed by atoms with Crippen molar-refractivity contribution in [2.45, 2.75) is 31.4 Å². The van der Waals surface area contributed by atoms with Gasteiger partial charge in [-0.3, -0.25) is 5.10 Å². The fourth-order valence-electron chi connectivity index (χ4n) is 3.43. The van der Waals surface area contributed by atoms with Gasteiger partial charge in [-0.25, -0.2) is 14.4 Å². The molecule has 3 aromatic rings. The van der Waals surface area contributed by atoms with Crippen LogP contribution in [0.2, 0.25) is 0 Å². The third kappa shape index (κ3) is 4.16. The Hall–Kier alpha value is -3.71. The molecule has 0 spiro atoms. The Labute approximate surface area is 172 Å². The van der Waals surface area contributed by atoms with Gasteiger partial charge < -0.3 is 20.5 Å². The summed E-state index contributed by atoms with van der Waals surface area (Å²) in [6.45, 7) is 0. The number of ether oxygens (including phenoxy) is 2. The predicted octanol–water partition coefficient (Wildman–Crippen LogP) is 2.89. The van der Waals surface area contributed by atoms with Crippen molar-refractivity contribution in [1.29, 1.82) is 5.26 Å². The molecule has 1 fully saturated rings. The summed E-state index contributed by atoms with van der Waals surface area (Å²) in [6.07, 6.45) is 5.11. The average molecular weight is 409 g/mol. The molecule has 2 heterocycles. The third-order valence-corrected chi connectivity index (χ3v) is 4.84. The lowest BCUT2D eigenvalue weighted by Crippen LogP contribution is -2.19. The van der Waals surface area contributed by atoms with Gasteiger partial charge in [-0.1, -0.05) is 0 Å². The second-order valence-electron chi connectivity index (χ2n) is 6.98. The van der Waals surface area contributed by atoms with Gasteiger partial charge in [0.25, 0.3) is 0 Å². The third-order valence-electron chi connectivity index (χ3n) is 4.84. The molecule has 9 nitrogen and oxygen atoms in total. The number of nitrogens with two attached hydrogens (primary N) is 1. The van der Waals surface area contributed by atoms with Crippen LogP contribution < -0.4 is 20.5 Å². The summed E-state index contributed by atoms with van der Waals surface area (Å²) in [5.74, 6) is 1.11. The molecule has 1 saturated carbocycles. The quantitative estimate of drug-likeness (QED) is 0.566. The van der Waals surface area contributed by atoms with Gasteiger partial charge in [0.05, 0.1) is 30.8 Å². The Balaban J connectivity index is 1.63. The van der Waals surface area contributed by atoms with Gasteiger partial charge in [-0.15, -0.1) is 0 Å². The fourth-order valence-corrected chi connectivity index (χ4v) is 3.43. The molecule has 0 unspecified atom stereocenters. The van der Waals surface area contributed by atoms with E-state index in [1.165, 1.54) is 31.6 Å². The maximum Gasteiger partial charge on any atom is 0.158 e. The van der Waals surface area contributed by atoms with Gasteiger partial charge in [0.2, 0.25) is 0 Å². The van der Waals surface area contributed by atoms with Crippen LogP contribution in [0.25, 0.3) is 11.3 Å². The van der Waals surface area contributed by atoms with Crippen LogP contribution in [-0.4, -0.2) is 39.4 Å². The van der Waals surface area contributed by atoms with Crippen molar-refractivity contribution in [3.05, 3.63) is 42.1 Å². The van der Waals surface area contributed by atoms with Gasteiger partial charge in [0.15, 0.2) is 11.5 Å². The molecule has 0 radical (unpaired) electrons. The van der Waals surface area contributed by atoms with Crippen LogP contribution in [0.15, 0.2) is 30.6 Å². The molecule has 0 bridgehead atoms. The second-order valence-corrected chi connectivity index (χ2v) is 6.98. The lowest BCUT2D eigenvalue weighted by Gasteiger charge is -2.18. The minimum absolute atomic E-state index is 0.0836. The van der Waals surface area contributed by atoms with E-state index in [0.717, 1.165) is 12.8 Å². The molecule has 0 amide bonds. The second kappa shape index (κ2) is 8.34. The SMILES string of the molecule is COc1cc(F)cc(O[C@@H]2CC[C@H](N)C2)c1-c1cc(Nc2cnc(C#N)cn2)n[nH]1. The molecule has 1 aliphatic rings. The van der Waals surface area contributed by atoms with E-state index in [0.29, 0.717) is 40.8 Å². The Morgan fingerprint density at radius 2 is 2.03 bits per heavy atom. The van der Waals surface area contributed by atoms with Gasteiger partial charge in [0, 0.05) is 24.2 Å². The summed E-state index contributed by atoms with van der Waals surface area (Å²) in [5.41, 5.74) is 7.33. The van der Waals surface area contributed by atoms with Gasteiger partial charge in [-0.05, 0) is 19.3 Å². The highest BCUT2D eigenvalue weighted by atomic mass is 19.1. The monoisotopic (exact) mass is 409 g/mol. The van der Waals surface area contributed by atoms with Crippen molar-refractivity contribution in [1.82, 2.24) is 20.2 Å². The summed E-state index contributed by atoms with van der Waals surface area (Å²) in [7, 11) is 1.47. The van der Waals surface area contributed by atoms with E-state index in [4.69, 9.17) is 20.5 Å². The molecule has 154 valence electrons. The summed E-state index contributed by atoms with van der Waals surface area (Å²) in [6, 6.07) is 6.35. The lowest BCUT2D eigenvalue weighted by molar-refractivity contribution is 0.207. The molecule has 2 atom stereocenters. The highest BCUT2D eigenvalue weighted by molar-refractivity contribution is 5.76. The predicted molar refractivity (Wildman–Crippen MR) is 107 cm³/mol. The Bertz CT molecular complexity index is 1080. The number of nitriles is 1. The lowest BCUT2D eigenvalue weighted by atomic mass is 10.1. The first-order chi connectivity index (χ1) is 14.6. The maximum atomic E-state index is 14.2. The van der Waals surface area contributed by atoms with Crippen molar-refractivity contribution < 1.29 is 13.9 Å². The number of halogens is 1. The fraction of sp³-hybridized carbons (Fsp3) is 0.300.